The molecular formula is C22H27N3O3. The largest absolute Gasteiger partial charge is 0.478 e. The van der Waals surface area contributed by atoms with E-state index in [1.807, 2.05) is 39.1 Å². The van der Waals surface area contributed by atoms with E-state index in [-0.39, 0.29) is 11.5 Å². The van der Waals surface area contributed by atoms with Gasteiger partial charge in [0, 0.05) is 31.7 Å². The standard InChI is InChI=1S/C22H27N3O3/c1-13-6-7-14(2)17(12-13)20-18(15(3)23-16(4)19(20)22(27)28)21(26)25-10-8-24(5)9-11-25/h6-7,12H,8-11H2,1-5H3,(H,27,28). The quantitative estimate of drug-likeness (QED) is 0.885. The van der Waals surface area contributed by atoms with Crippen LogP contribution in [0.5, 0.6) is 0 Å². The van der Waals surface area contributed by atoms with Crippen molar-refractivity contribution in [3.05, 3.63) is 51.8 Å². The van der Waals surface area contributed by atoms with Crippen LogP contribution in [0.2, 0.25) is 0 Å². The zero-order valence-electron chi connectivity index (χ0n) is 17.2. The first-order valence-electron chi connectivity index (χ1n) is 9.50. The summed E-state index contributed by atoms with van der Waals surface area (Å²) in [6.45, 7) is 10.2. The lowest BCUT2D eigenvalue weighted by Gasteiger charge is -2.33. The van der Waals surface area contributed by atoms with E-state index in [9.17, 15) is 14.7 Å². The van der Waals surface area contributed by atoms with E-state index in [0.717, 1.165) is 29.8 Å². The Hall–Kier alpha value is -2.73. The van der Waals surface area contributed by atoms with Gasteiger partial charge >= 0.3 is 5.97 Å². The van der Waals surface area contributed by atoms with Crippen molar-refractivity contribution >= 4 is 11.9 Å². The third-order valence-electron chi connectivity index (χ3n) is 5.44. The van der Waals surface area contributed by atoms with Gasteiger partial charge in [0.25, 0.3) is 5.91 Å². The zero-order valence-corrected chi connectivity index (χ0v) is 17.2. The maximum absolute atomic E-state index is 13.5. The molecule has 2 heterocycles. The molecule has 1 saturated heterocycles. The molecule has 1 aromatic carbocycles. The average molecular weight is 381 g/mol. The molecule has 28 heavy (non-hydrogen) atoms. The number of rotatable bonds is 3. The fourth-order valence-corrected chi connectivity index (χ4v) is 3.82. The summed E-state index contributed by atoms with van der Waals surface area (Å²) in [4.78, 5) is 34.0. The number of likely N-dealkylation sites (N-methyl/N-ethyl adjacent to an activating group) is 1. The van der Waals surface area contributed by atoms with Crippen LogP contribution in [-0.4, -0.2) is 65.0 Å². The molecule has 1 fully saturated rings. The summed E-state index contributed by atoms with van der Waals surface area (Å²) >= 11 is 0. The number of carbonyl (C=O) groups is 2. The van der Waals surface area contributed by atoms with E-state index in [1.165, 1.54) is 0 Å². The van der Waals surface area contributed by atoms with E-state index in [0.29, 0.717) is 35.6 Å². The van der Waals surface area contributed by atoms with Crippen molar-refractivity contribution in [2.75, 3.05) is 33.2 Å². The summed E-state index contributed by atoms with van der Waals surface area (Å²) < 4.78 is 0. The maximum Gasteiger partial charge on any atom is 0.338 e. The predicted octanol–water partition coefficient (Wildman–Crippen LogP) is 3.07. The lowest BCUT2D eigenvalue weighted by Crippen LogP contribution is -2.47. The van der Waals surface area contributed by atoms with Crippen LogP contribution in [0.1, 0.15) is 43.2 Å². The molecule has 1 N–H and O–H groups in total. The number of hydrogen-bond donors (Lipinski definition) is 1. The molecular weight excluding hydrogens is 354 g/mol. The van der Waals surface area contributed by atoms with Crippen molar-refractivity contribution in [2.45, 2.75) is 27.7 Å². The molecule has 0 unspecified atom stereocenters. The Bertz CT molecular complexity index is 945. The van der Waals surface area contributed by atoms with Gasteiger partial charge in [0.1, 0.15) is 0 Å². The van der Waals surface area contributed by atoms with Gasteiger partial charge in [-0.3, -0.25) is 9.78 Å². The van der Waals surface area contributed by atoms with Crippen LogP contribution < -0.4 is 0 Å². The first-order valence-corrected chi connectivity index (χ1v) is 9.50. The monoisotopic (exact) mass is 381 g/mol. The SMILES string of the molecule is Cc1ccc(C)c(-c2c(C(=O)O)c(C)nc(C)c2C(=O)N2CCN(C)CC2)c1. The van der Waals surface area contributed by atoms with Gasteiger partial charge in [-0.25, -0.2) is 4.79 Å². The van der Waals surface area contributed by atoms with Gasteiger partial charge in [-0.1, -0.05) is 23.8 Å². The highest BCUT2D eigenvalue weighted by Crippen LogP contribution is 2.35. The van der Waals surface area contributed by atoms with Crippen molar-refractivity contribution in [3.63, 3.8) is 0 Å². The van der Waals surface area contributed by atoms with Crippen molar-refractivity contribution in [3.8, 4) is 11.1 Å². The van der Waals surface area contributed by atoms with Crippen molar-refractivity contribution in [1.29, 1.82) is 0 Å². The van der Waals surface area contributed by atoms with Gasteiger partial charge in [0.2, 0.25) is 0 Å². The summed E-state index contributed by atoms with van der Waals surface area (Å²) in [7, 11) is 2.03. The first-order chi connectivity index (χ1) is 13.2. The fraction of sp³-hybridized carbons (Fsp3) is 0.409. The predicted molar refractivity (Wildman–Crippen MR) is 109 cm³/mol. The fourth-order valence-electron chi connectivity index (χ4n) is 3.82. The highest BCUT2D eigenvalue weighted by Gasteiger charge is 2.30. The molecule has 6 heteroatoms. The topological polar surface area (TPSA) is 73.7 Å². The summed E-state index contributed by atoms with van der Waals surface area (Å²) in [5.74, 6) is -1.20. The number of carboxylic acids is 1. The van der Waals surface area contributed by atoms with Crippen molar-refractivity contribution in [1.82, 2.24) is 14.8 Å². The smallest absolute Gasteiger partial charge is 0.338 e. The van der Waals surface area contributed by atoms with Crippen LogP contribution in [-0.2, 0) is 0 Å². The Balaban J connectivity index is 2.27. The lowest BCUT2D eigenvalue weighted by molar-refractivity contribution is 0.0663. The number of nitrogens with zero attached hydrogens (tertiary/aromatic N) is 3. The molecule has 6 nitrogen and oxygen atoms in total. The number of hydrogen-bond acceptors (Lipinski definition) is 4. The number of amides is 1. The minimum Gasteiger partial charge on any atom is -0.478 e. The van der Waals surface area contributed by atoms with Crippen LogP contribution in [0.25, 0.3) is 11.1 Å². The summed E-state index contributed by atoms with van der Waals surface area (Å²) in [5.41, 5.74) is 4.73. The third-order valence-corrected chi connectivity index (χ3v) is 5.44. The second-order valence-corrected chi connectivity index (χ2v) is 7.63. The number of carboxylic acid groups (broad SMARTS) is 1. The minimum atomic E-state index is -1.06. The van der Waals surface area contributed by atoms with E-state index >= 15 is 0 Å². The first kappa shape index (κ1) is 20.0. The van der Waals surface area contributed by atoms with Crippen molar-refractivity contribution < 1.29 is 14.7 Å². The molecule has 1 amide bonds. The number of aromatic nitrogens is 1. The van der Waals surface area contributed by atoms with Gasteiger partial charge in [0.05, 0.1) is 22.5 Å². The summed E-state index contributed by atoms with van der Waals surface area (Å²) in [5, 5.41) is 9.94. The molecule has 1 aliphatic rings. The Kier molecular flexibility index (Phi) is 5.52. The normalized spacial score (nSPS) is 15.0. The van der Waals surface area contributed by atoms with E-state index in [2.05, 4.69) is 9.88 Å². The van der Waals surface area contributed by atoms with Gasteiger partial charge in [-0.15, -0.1) is 0 Å². The lowest BCUT2D eigenvalue weighted by atomic mass is 9.88. The van der Waals surface area contributed by atoms with E-state index in [4.69, 9.17) is 0 Å². The second kappa shape index (κ2) is 7.72. The molecule has 0 bridgehead atoms. The highest BCUT2D eigenvalue weighted by molar-refractivity contribution is 6.08. The number of pyridine rings is 1. The Morgan fingerprint density at radius 3 is 2.18 bits per heavy atom. The summed E-state index contributed by atoms with van der Waals surface area (Å²) in [6.07, 6.45) is 0. The number of piperazine rings is 1. The van der Waals surface area contributed by atoms with E-state index < -0.39 is 5.97 Å². The molecule has 0 atom stereocenters. The maximum atomic E-state index is 13.5. The van der Waals surface area contributed by atoms with Crippen molar-refractivity contribution in [2.24, 2.45) is 0 Å². The summed E-state index contributed by atoms with van der Waals surface area (Å²) in [6, 6.07) is 5.91. The molecule has 0 spiro atoms. The Labute approximate surface area is 165 Å². The molecule has 0 radical (unpaired) electrons. The van der Waals surface area contributed by atoms with Gasteiger partial charge in [0.15, 0.2) is 0 Å². The van der Waals surface area contributed by atoms with Crippen LogP contribution >= 0.6 is 0 Å². The van der Waals surface area contributed by atoms with E-state index in [1.54, 1.807) is 18.7 Å². The number of benzene rings is 1. The van der Waals surface area contributed by atoms with Crippen LogP contribution in [0.15, 0.2) is 18.2 Å². The molecule has 2 aromatic rings. The molecule has 1 aromatic heterocycles. The van der Waals surface area contributed by atoms with Gasteiger partial charge in [-0.05, 0) is 45.9 Å². The van der Waals surface area contributed by atoms with Crippen LogP contribution in [0, 0.1) is 27.7 Å². The zero-order chi connectivity index (χ0) is 20.6. The highest BCUT2D eigenvalue weighted by atomic mass is 16.4. The van der Waals surface area contributed by atoms with Gasteiger partial charge in [-0.2, -0.15) is 0 Å². The third kappa shape index (κ3) is 3.64. The Morgan fingerprint density at radius 1 is 0.964 bits per heavy atom. The molecule has 148 valence electrons. The number of aromatic carboxylic acids is 1. The van der Waals surface area contributed by atoms with Crippen LogP contribution in [0.3, 0.4) is 0 Å². The van der Waals surface area contributed by atoms with Gasteiger partial charge < -0.3 is 14.9 Å². The molecule has 0 saturated carbocycles. The minimum absolute atomic E-state index is 0.108. The molecule has 0 aliphatic carbocycles. The molecule has 3 rings (SSSR count). The number of carbonyl (C=O) groups excluding carboxylic acids is 1. The average Bonchev–Trinajstić information content (AvgIpc) is 2.63. The Morgan fingerprint density at radius 2 is 1.57 bits per heavy atom. The number of aryl methyl sites for hydroxylation is 4. The second-order valence-electron chi connectivity index (χ2n) is 7.63. The van der Waals surface area contributed by atoms with Crippen LogP contribution in [0.4, 0.5) is 0 Å². The molecule has 1 aliphatic heterocycles.